The maximum atomic E-state index is 13.5. The van der Waals surface area contributed by atoms with Crippen molar-refractivity contribution in [2.45, 2.75) is 6.18 Å². The van der Waals surface area contributed by atoms with Gasteiger partial charge in [-0.15, -0.1) is 0 Å². The highest BCUT2D eigenvalue weighted by atomic mass is 35.5. The number of halogens is 5. The molecule has 3 N–H and O–H groups in total. The van der Waals surface area contributed by atoms with Crippen molar-refractivity contribution < 1.29 is 17.6 Å². The van der Waals surface area contributed by atoms with Gasteiger partial charge in [-0.3, -0.25) is 4.98 Å². The fraction of sp³-hybridized carbons (Fsp3) is 0.0667. The smallest absolute Gasteiger partial charge is 0.368 e. The highest BCUT2D eigenvalue weighted by Gasteiger charge is 2.32. The van der Waals surface area contributed by atoms with Crippen molar-refractivity contribution in [3.63, 3.8) is 0 Å². The van der Waals surface area contributed by atoms with Crippen LogP contribution in [0.25, 0.3) is 11.4 Å². The minimum Gasteiger partial charge on any atom is -0.368 e. The van der Waals surface area contributed by atoms with Gasteiger partial charge in [0.25, 0.3) is 0 Å². The predicted octanol–water partition coefficient (Wildman–Crippen LogP) is 4.07. The van der Waals surface area contributed by atoms with E-state index in [2.05, 4.69) is 25.3 Å². The van der Waals surface area contributed by atoms with E-state index < -0.39 is 17.7 Å². The summed E-state index contributed by atoms with van der Waals surface area (Å²) in [6.07, 6.45) is -3.61. The Morgan fingerprint density at radius 2 is 1.81 bits per heavy atom. The molecule has 26 heavy (non-hydrogen) atoms. The highest BCUT2D eigenvalue weighted by molar-refractivity contribution is 6.30. The van der Waals surface area contributed by atoms with Crippen LogP contribution in [0.2, 0.25) is 5.02 Å². The topological polar surface area (TPSA) is 89.6 Å². The Balaban J connectivity index is 1.96. The molecule has 0 fully saturated rings. The Hall–Kier alpha value is -3.01. The molecule has 3 aromatic rings. The van der Waals surface area contributed by atoms with Crippen molar-refractivity contribution in [3.05, 3.63) is 53.1 Å². The van der Waals surface area contributed by atoms with Gasteiger partial charge in [0.2, 0.25) is 11.9 Å². The van der Waals surface area contributed by atoms with E-state index in [4.69, 9.17) is 17.3 Å². The monoisotopic (exact) mass is 384 g/mol. The standard InChI is InChI=1S/C15H9ClF4N6/c16-8-3-7(4-9(17)5-8)12-24-13(21)26-14(25-12)23-10-1-2-22-11(6-10)15(18,19)20/h1-6H,(H3,21,22,23,24,25,26). The van der Waals surface area contributed by atoms with E-state index in [0.29, 0.717) is 0 Å². The molecule has 0 aliphatic heterocycles. The fourth-order valence-corrected chi connectivity index (χ4v) is 2.27. The lowest BCUT2D eigenvalue weighted by Crippen LogP contribution is -2.09. The van der Waals surface area contributed by atoms with E-state index in [-0.39, 0.29) is 34.0 Å². The SMILES string of the molecule is Nc1nc(Nc2ccnc(C(F)(F)F)c2)nc(-c2cc(F)cc(Cl)c2)n1. The molecule has 134 valence electrons. The molecule has 0 saturated carbocycles. The zero-order valence-electron chi connectivity index (χ0n) is 12.7. The van der Waals surface area contributed by atoms with Gasteiger partial charge in [0, 0.05) is 22.5 Å². The van der Waals surface area contributed by atoms with E-state index in [1.165, 1.54) is 12.1 Å². The van der Waals surface area contributed by atoms with Crippen molar-refractivity contribution in [2.24, 2.45) is 0 Å². The van der Waals surface area contributed by atoms with Crippen molar-refractivity contribution in [3.8, 4) is 11.4 Å². The van der Waals surface area contributed by atoms with Crippen molar-refractivity contribution in [2.75, 3.05) is 11.1 Å². The van der Waals surface area contributed by atoms with Crippen LogP contribution in [-0.4, -0.2) is 19.9 Å². The Labute approximate surface area is 149 Å². The van der Waals surface area contributed by atoms with Gasteiger partial charge in [-0.25, -0.2) is 4.39 Å². The number of nitrogens with zero attached hydrogens (tertiary/aromatic N) is 4. The molecule has 0 aliphatic carbocycles. The predicted molar refractivity (Wildman–Crippen MR) is 87.2 cm³/mol. The first-order valence-corrected chi connectivity index (χ1v) is 7.37. The summed E-state index contributed by atoms with van der Waals surface area (Å²) in [7, 11) is 0. The second kappa shape index (κ2) is 6.71. The highest BCUT2D eigenvalue weighted by Crippen LogP contribution is 2.29. The first-order valence-electron chi connectivity index (χ1n) is 6.99. The molecule has 0 aliphatic rings. The number of nitrogens with one attached hydrogen (secondary N) is 1. The molecule has 0 saturated heterocycles. The molecule has 6 nitrogen and oxygen atoms in total. The van der Waals surface area contributed by atoms with E-state index in [1.54, 1.807) is 0 Å². The summed E-state index contributed by atoms with van der Waals surface area (Å²) in [4.78, 5) is 15.0. The van der Waals surface area contributed by atoms with Gasteiger partial charge in [0.05, 0.1) is 0 Å². The maximum absolute atomic E-state index is 13.5. The molecule has 1 aromatic carbocycles. The van der Waals surface area contributed by atoms with Gasteiger partial charge in [-0.2, -0.15) is 28.1 Å². The summed E-state index contributed by atoms with van der Waals surface area (Å²) in [5.41, 5.74) is 4.80. The molecular formula is C15H9ClF4N6. The van der Waals surface area contributed by atoms with Crippen molar-refractivity contribution in [1.29, 1.82) is 0 Å². The molecule has 0 atom stereocenters. The number of rotatable bonds is 3. The van der Waals surface area contributed by atoms with E-state index in [1.807, 2.05) is 0 Å². The number of alkyl halides is 3. The van der Waals surface area contributed by atoms with Crippen LogP contribution in [0, 0.1) is 5.82 Å². The molecule has 0 amide bonds. The van der Waals surface area contributed by atoms with Crippen molar-refractivity contribution in [1.82, 2.24) is 19.9 Å². The molecule has 2 aromatic heterocycles. The number of nitrogen functional groups attached to an aromatic ring is 1. The second-order valence-corrected chi connectivity index (χ2v) is 5.49. The molecule has 0 spiro atoms. The number of hydrogen-bond donors (Lipinski definition) is 2. The summed E-state index contributed by atoms with van der Waals surface area (Å²) in [6.45, 7) is 0. The Bertz CT molecular complexity index is 943. The van der Waals surface area contributed by atoms with Crippen molar-refractivity contribution >= 4 is 29.2 Å². The molecule has 2 heterocycles. The van der Waals surface area contributed by atoms with Crippen LogP contribution < -0.4 is 11.1 Å². The lowest BCUT2D eigenvalue weighted by molar-refractivity contribution is -0.141. The summed E-state index contributed by atoms with van der Waals surface area (Å²) in [5.74, 6) is -0.924. The van der Waals surface area contributed by atoms with Gasteiger partial charge in [-0.05, 0) is 30.3 Å². The number of benzene rings is 1. The average molecular weight is 385 g/mol. The summed E-state index contributed by atoms with van der Waals surface area (Å²) in [5, 5.41) is 2.71. The van der Waals surface area contributed by atoms with Gasteiger partial charge in [-0.1, -0.05) is 11.6 Å². The number of nitrogens with two attached hydrogens (primary N) is 1. The Morgan fingerprint density at radius 3 is 2.50 bits per heavy atom. The van der Waals surface area contributed by atoms with Crippen LogP contribution in [-0.2, 0) is 6.18 Å². The van der Waals surface area contributed by atoms with Crippen LogP contribution in [0.5, 0.6) is 0 Å². The third-order valence-corrected chi connectivity index (χ3v) is 3.30. The lowest BCUT2D eigenvalue weighted by Gasteiger charge is -2.10. The van der Waals surface area contributed by atoms with E-state index in [9.17, 15) is 17.6 Å². The first-order chi connectivity index (χ1) is 12.2. The minimum absolute atomic E-state index is 0.00602. The average Bonchev–Trinajstić information content (AvgIpc) is 2.53. The third-order valence-electron chi connectivity index (χ3n) is 3.08. The Morgan fingerprint density at radius 1 is 1.04 bits per heavy atom. The zero-order valence-corrected chi connectivity index (χ0v) is 13.5. The van der Waals surface area contributed by atoms with Gasteiger partial charge >= 0.3 is 6.18 Å². The van der Waals surface area contributed by atoms with Gasteiger partial charge in [0.1, 0.15) is 11.5 Å². The van der Waals surface area contributed by atoms with E-state index >= 15 is 0 Å². The van der Waals surface area contributed by atoms with Gasteiger partial charge < -0.3 is 11.1 Å². The lowest BCUT2D eigenvalue weighted by atomic mass is 10.2. The van der Waals surface area contributed by atoms with Crippen LogP contribution in [0.1, 0.15) is 5.69 Å². The zero-order chi connectivity index (χ0) is 18.9. The summed E-state index contributed by atoms with van der Waals surface area (Å²) < 4.78 is 51.7. The number of pyridine rings is 1. The molecule has 11 heteroatoms. The third kappa shape index (κ3) is 4.14. The van der Waals surface area contributed by atoms with Crippen LogP contribution in [0.3, 0.4) is 0 Å². The molecule has 0 unspecified atom stereocenters. The molecule has 0 bridgehead atoms. The Kier molecular flexibility index (Phi) is 4.60. The number of anilines is 3. The van der Waals surface area contributed by atoms with E-state index in [0.717, 1.165) is 24.4 Å². The largest absolute Gasteiger partial charge is 0.433 e. The van der Waals surface area contributed by atoms with Gasteiger partial charge in [0.15, 0.2) is 5.82 Å². The fourth-order valence-electron chi connectivity index (χ4n) is 2.05. The first kappa shape index (κ1) is 17.8. The second-order valence-electron chi connectivity index (χ2n) is 5.05. The summed E-state index contributed by atoms with van der Waals surface area (Å²) >= 11 is 5.80. The maximum Gasteiger partial charge on any atom is 0.433 e. The normalized spacial score (nSPS) is 11.4. The van der Waals surface area contributed by atoms with Crippen LogP contribution >= 0.6 is 11.6 Å². The number of aromatic nitrogens is 4. The van der Waals surface area contributed by atoms with Crippen LogP contribution in [0.15, 0.2) is 36.5 Å². The molecule has 3 rings (SSSR count). The van der Waals surface area contributed by atoms with Crippen LogP contribution in [0.4, 0.5) is 35.1 Å². The molecule has 0 radical (unpaired) electrons. The quantitative estimate of drug-likeness (QED) is 0.662. The summed E-state index contributed by atoms with van der Waals surface area (Å²) in [6, 6.07) is 5.74. The minimum atomic E-state index is -4.60. The number of hydrogen-bond acceptors (Lipinski definition) is 6. The molecular weight excluding hydrogens is 376 g/mol.